The maximum atomic E-state index is 12.3. The Morgan fingerprint density at radius 1 is 1.07 bits per heavy atom. The first-order valence-electron chi connectivity index (χ1n) is 8.51. The number of hydrogen-bond donors (Lipinski definition) is 0. The van der Waals surface area contributed by atoms with E-state index in [9.17, 15) is 9.59 Å². The highest BCUT2D eigenvalue weighted by molar-refractivity contribution is 7.16. The van der Waals surface area contributed by atoms with Crippen LogP contribution in [0.25, 0.3) is 10.2 Å². The molecule has 7 nitrogen and oxygen atoms in total. The molecule has 0 radical (unpaired) electrons. The molecule has 0 bridgehead atoms. The standard InChI is InChI=1S/C20H20N2O5S/c1-13-4-6-14(7-5-13)27-12-18(23)21-20-22(11-19(24)26-3)16-9-8-15(25-2)10-17(16)28-20/h4-10H,11-12H2,1-3H3. The van der Waals surface area contributed by atoms with Crippen molar-refractivity contribution >= 4 is 33.4 Å². The Kier molecular flexibility index (Phi) is 6.10. The molecule has 0 atom stereocenters. The predicted molar refractivity (Wildman–Crippen MR) is 106 cm³/mol. The van der Waals surface area contributed by atoms with Gasteiger partial charge < -0.3 is 18.8 Å². The molecule has 0 aliphatic rings. The van der Waals surface area contributed by atoms with Crippen LogP contribution in [0.2, 0.25) is 0 Å². The summed E-state index contributed by atoms with van der Waals surface area (Å²) in [7, 11) is 2.90. The van der Waals surface area contributed by atoms with Crippen LogP contribution < -0.4 is 14.3 Å². The first-order chi connectivity index (χ1) is 13.5. The normalized spacial score (nSPS) is 11.5. The monoisotopic (exact) mass is 400 g/mol. The van der Waals surface area contributed by atoms with Gasteiger partial charge in [0.25, 0.3) is 5.91 Å². The quantitative estimate of drug-likeness (QED) is 0.595. The first-order valence-corrected chi connectivity index (χ1v) is 9.33. The number of hydrogen-bond acceptors (Lipinski definition) is 6. The second-order valence-electron chi connectivity index (χ2n) is 5.99. The van der Waals surface area contributed by atoms with Crippen LogP contribution in [0.1, 0.15) is 5.56 Å². The van der Waals surface area contributed by atoms with Crippen molar-refractivity contribution in [2.24, 2.45) is 4.99 Å². The van der Waals surface area contributed by atoms with Crippen LogP contribution in [0, 0.1) is 6.92 Å². The van der Waals surface area contributed by atoms with Crippen molar-refractivity contribution in [1.29, 1.82) is 0 Å². The molecule has 3 aromatic rings. The van der Waals surface area contributed by atoms with Gasteiger partial charge in [-0.05, 0) is 37.3 Å². The second kappa shape index (κ2) is 8.71. The number of rotatable bonds is 6. The molecular weight excluding hydrogens is 380 g/mol. The molecule has 0 spiro atoms. The van der Waals surface area contributed by atoms with E-state index in [0.29, 0.717) is 16.3 Å². The van der Waals surface area contributed by atoms with Gasteiger partial charge in [0.15, 0.2) is 11.4 Å². The summed E-state index contributed by atoms with van der Waals surface area (Å²) < 4.78 is 18.0. The molecule has 146 valence electrons. The molecule has 28 heavy (non-hydrogen) atoms. The van der Waals surface area contributed by atoms with Crippen molar-refractivity contribution in [2.45, 2.75) is 13.5 Å². The highest BCUT2D eigenvalue weighted by Gasteiger charge is 2.13. The number of benzene rings is 2. The minimum atomic E-state index is -0.447. The lowest BCUT2D eigenvalue weighted by molar-refractivity contribution is -0.141. The highest BCUT2D eigenvalue weighted by Crippen LogP contribution is 2.23. The summed E-state index contributed by atoms with van der Waals surface area (Å²) >= 11 is 1.29. The Bertz CT molecular complexity index is 1070. The summed E-state index contributed by atoms with van der Waals surface area (Å²) in [5, 5.41) is 0. The Morgan fingerprint density at radius 3 is 2.46 bits per heavy atom. The number of esters is 1. The fourth-order valence-corrected chi connectivity index (χ4v) is 3.61. The van der Waals surface area contributed by atoms with Crippen LogP contribution >= 0.6 is 11.3 Å². The molecule has 1 aromatic heterocycles. The number of ether oxygens (including phenoxy) is 3. The molecule has 0 N–H and O–H groups in total. The lowest BCUT2D eigenvalue weighted by atomic mass is 10.2. The zero-order valence-corrected chi connectivity index (χ0v) is 16.6. The fraction of sp³-hybridized carbons (Fsp3) is 0.250. The molecule has 0 unspecified atom stereocenters. The lowest BCUT2D eigenvalue weighted by Crippen LogP contribution is -2.23. The molecule has 3 rings (SSSR count). The zero-order valence-electron chi connectivity index (χ0n) is 15.8. The topological polar surface area (TPSA) is 79.1 Å². The zero-order chi connectivity index (χ0) is 20.1. The maximum absolute atomic E-state index is 12.3. The molecule has 1 heterocycles. The molecule has 0 aliphatic heterocycles. The van der Waals surface area contributed by atoms with Gasteiger partial charge in [0.05, 0.1) is 24.4 Å². The van der Waals surface area contributed by atoms with E-state index < -0.39 is 11.9 Å². The molecule has 0 saturated heterocycles. The summed E-state index contributed by atoms with van der Waals surface area (Å²) in [4.78, 5) is 28.7. The number of nitrogens with zero attached hydrogens (tertiary/aromatic N) is 2. The van der Waals surface area contributed by atoms with Crippen LogP contribution in [0.15, 0.2) is 47.5 Å². The Balaban J connectivity index is 1.90. The van der Waals surface area contributed by atoms with Gasteiger partial charge in [-0.25, -0.2) is 0 Å². The Morgan fingerprint density at radius 2 is 1.79 bits per heavy atom. The Labute approximate surface area is 165 Å². The van der Waals surface area contributed by atoms with Gasteiger partial charge in [-0.2, -0.15) is 4.99 Å². The van der Waals surface area contributed by atoms with E-state index in [-0.39, 0.29) is 13.2 Å². The lowest BCUT2D eigenvalue weighted by Gasteiger charge is -2.05. The van der Waals surface area contributed by atoms with E-state index in [0.717, 1.165) is 15.8 Å². The average molecular weight is 400 g/mol. The van der Waals surface area contributed by atoms with Crippen molar-refractivity contribution in [3.8, 4) is 11.5 Å². The number of aryl methyl sites for hydroxylation is 1. The predicted octanol–water partition coefficient (Wildman–Crippen LogP) is 2.70. The molecule has 0 saturated carbocycles. The van der Waals surface area contributed by atoms with E-state index in [1.807, 2.05) is 31.2 Å². The first kappa shape index (κ1) is 19.6. The number of fused-ring (bicyclic) bond motifs is 1. The SMILES string of the molecule is COC(=O)Cn1c(=NC(=O)COc2ccc(C)cc2)sc2cc(OC)ccc21. The summed E-state index contributed by atoms with van der Waals surface area (Å²) in [5.74, 6) is 0.398. The number of thiazole rings is 1. The van der Waals surface area contributed by atoms with Gasteiger partial charge >= 0.3 is 5.97 Å². The second-order valence-corrected chi connectivity index (χ2v) is 7.00. The third-order valence-corrected chi connectivity index (χ3v) is 5.05. The smallest absolute Gasteiger partial charge is 0.325 e. The minimum Gasteiger partial charge on any atom is -0.497 e. The van der Waals surface area contributed by atoms with Gasteiger partial charge in [0, 0.05) is 0 Å². The third-order valence-electron chi connectivity index (χ3n) is 4.01. The number of amides is 1. The molecule has 0 fully saturated rings. The van der Waals surface area contributed by atoms with E-state index >= 15 is 0 Å². The summed E-state index contributed by atoms with van der Waals surface area (Å²) in [5.41, 5.74) is 1.87. The van der Waals surface area contributed by atoms with Gasteiger partial charge in [0.1, 0.15) is 18.0 Å². The van der Waals surface area contributed by atoms with E-state index in [1.165, 1.54) is 18.4 Å². The molecule has 0 aliphatic carbocycles. The average Bonchev–Trinajstić information content (AvgIpc) is 3.03. The van der Waals surface area contributed by atoms with Gasteiger partial charge in [-0.1, -0.05) is 29.0 Å². The molecule has 8 heteroatoms. The molecule has 2 aromatic carbocycles. The fourth-order valence-electron chi connectivity index (χ4n) is 2.53. The summed E-state index contributed by atoms with van der Waals surface area (Å²) in [6.45, 7) is 1.73. The van der Waals surface area contributed by atoms with Crippen LogP contribution in [0.4, 0.5) is 0 Å². The third kappa shape index (κ3) is 4.58. The van der Waals surface area contributed by atoms with Crippen molar-refractivity contribution in [3.05, 3.63) is 52.8 Å². The van der Waals surface area contributed by atoms with Crippen LogP contribution in [0.3, 0.4) is 0 Å². The maximum Gasteiger partial charge on any atom is 0.325 e. The largest absolute Gasteiger partial charge is 0.497 e. The van der Waals surface area contributed by atoms with Crippen LogP contribution in [-0.2, 0) is 20.9 Å². The van der Waals surface area contributed by atoms with Crippen LogP contribution in [0.5, 0.6) is 11.5 Å². The van der Waals surface area contributed by atoms with E-state index in [4.69, 9.17) is 14.2 Å². The van der Waals surface area contributed by atoms with Crippen molar-refractivity contribution < 1.29 is 23.8 Å². The number of carbonyl (C=O) groups is 2. The van der Waals surface area contributed by atoms with Gasteiger partial charge in [-0.15, -0.1) is 0 Å². The molecular formula is C20H20N2O5S. The van der Waals surface area contributed by atoms with Gasteiger partial charge in [0.2, 0.25) is 0 Å². The number of aromatic nitrogens is 1. The number of methoxy groups -OCH3 is 2. The summed E-state index contributed by atoms with van der Waals surface area (Å²) in [6, 6.07) is 12.8. The highest BCUT2D eigenvalue weighted by atomic mass is 32.1. The van der Waals surface area contributed by atoms with E-state index in [2.05, 4.69) is 4.99 Å². The Hall–Kier alpha value is -3.13. The van der Waals surface area contributed by atoms with Crippen molar-refractivity contribution in [3.63, 3.8) is 0 Å². The van der Waals surface area contributed by atoms with Crippen molar-refractivity contribution in [2.75, 3.05) is 20.8 Å². The molecule has 1 amide bonds. The number of carbonyl (C=O) groups excluding carboxylic acids is 2. The minimum absolute atomic E-state index is 0.0479. The van der Waals surface area contributed by atoms with Gasteiger partial charge in [-0.3, -0.25) is 9.59 Å². The van der Waals surface area contributed by atoms with Crippen molar-refractivity contribution in [1.82, 2.24) is 4.57 Å². The van der Waals surface area contributed by atoms with E-state index in [1.54, 1.807) is 29.9 Å². The summed E-state index contributed by atoms with van der Waals surface area (Å²) in [6.07, 6.45) is 0. The van der Waals surface area contributed by atoms with Crippen LogP contribution in [-0.4, -0.2) is 37.3 Å².